The number of esters is 1. The van der Waals surface area contributed by atoms with Crippen LogP contribution in [0.25, 0.3) is 0 Å². The quantitative estimate of drug-likeness (QED) is 0.822. The molecule has 0 radical (unpaired) electrons. The highest BCUT2D eigenvalue weighted by molar-refractivity contribution is 6.30. The van der Waals surface area contributed by atoms with Crippen molar-refractivity contribution in [1.82, 2.24) is 5.32 Å². The van der Waals surface area contributed by atoms with Gasteiger partial charge in [0.1, 0.15) is 0 Å². The minimum absolute atomic E-state index is 0.0855. The minimum Gasteiger partial charge on any atom is -0.455 e. The van der Waals surface area contributed by atoms with Gasteiger partial charge in [-0.1, -0.05) is 30.7 Å². The monoisotopic (exact) mass is 309 g/mol. The lowest BCUT2D eigenvalue weighted by Crippen LogP contribution is -2.36. The first-order chi connectivity index (χ1) is 9.98. The smallest absolute Gasteiger partial charge is 0.317 e. The Hall–Kier alpha value is -1.55. The maximum atomic E-state index is 12.2. The fourth-order valence-electron chi connectivity index (χ4n) is 2.19. The first-order valence-electron chi connectivity index (χ1n) is 7.20. The number of nitrogens with one attached hydrogen (secondary N) is 1. The van der Waals surface area contributed by atoms with Crippen LogP contribution >= 0.6 is 11.6 Å². The average molecular weight is 310 g/mol. The molecule has 0 spiro atoms. The van der Waals surface area contributed by atoms with Gasteiger partial charge in [-0.25, -0.2) is 0 Å². The number of ether oxygens (including phenoxy) is 1. The van der Waals surface area contributed by atoms with Crippen molar-refractivity contribution in [3.8, 4) is 0 Å². The average Bonchev–Trinajstić information content (AvgIpc) is 3.27. The summed E-state index contributed by atoms with van der Waals surface area (Å²) < 4.78 is 5.18. The molecule has 114 valence electrons. The van der Waals surface area contributed by atoms with Crippen molar-refractivity contribution in [1.29, 1.82) is 0 Å². The Morgan fingerprint density at radius 2 is 1.95 bits per heavy atom. The fourth-order valence-corrected chi connectivity index (χ4v) is 2.32. The maximum Gasteiger partial charge on any atom is 0.317 e. The van der Waals surface area contributed by atoms with Gasteiger partial charge >= 0.3 is 5.97 Å². The van der Waals surface area contributed by atoms with Crippen LogP contribution in [0.1, 0.15) is 38.7 Å². The molecule has 0 aromatic heterocycles. The standard InChI is InChI=1S/C16H20ClNO3/c1-3-11(2)18-14(19)10-21-15(20)16(8-9-16)12-4-6-13(17)7-5-12/h4-7,11H,3,8-10H2,1-2H3,(H,18,19)/t11-/m1/s1. The molecule has 4 nitrogen and oxygen atoms in total. The molecule has 1 aliphatic rings. The molecule has 1 fully saturated rings. The molecule has 0 unspecified atom stereocenters. The summed E-state index contributed by atoms with van der Waals surface area (Å²) in [6, 6.07) is 7.30. The van der Waals surface area contributed by atoms with E-state index in [0.29, 0.717) is 5.02 Å². The van der Waals surface area contributed by atoms with E-state index in [2.05, 4.69) is 5.32 Å². The predicted molar refractivity (Wildman–Crippen MR) is 81.2 cm³/mol. The third-order valence-electron chi connectivity index (χ3n) is 3.89. The van der Waals surface area contributed by atoms with Crippen LogP contribution < -0.4 is 5.32 Å². The SMILES string of the molecule is CC[C@@H](C)NC(=O)COC(=O)C1(c2ccc(Cl)cc2)CC1. The number of halogens is 1. The lowest BCUT2D eigenvalue weighted by molar-refractivity contribution is -0.151. The van der Waals surface area contributed by atoms with Crippen LogP contribution in [0.15, 0.2) is 24.3 Å². The molecule has 0 heterocycles. The van der Waals surface area contributed by atoms with Gasteiger partial charge in [-0.05, 0) is 43.9 Å². The summed E-state index contributed by atoms with van der Waals surface area (Å²) in [5, 5.41) is 3.41. The molecular weight excluding hydrogens is 290 g/mol. The highest BCUT2D eigenvalue weighted by atomic mass is 35.5. The molecule has 1 aromatic rings. The van der Waals surface area contributed by atoms with Crippen molar-refractivity contribution in [2.75, 3.05) is 6.61 Å². The molecule has 1 aromatic carbocycles. The molecule has 0 bridgehead atoms. The van der Waals surface area contributed by atoms with E-state index in [9.17, 15) is 9.59 Å². The van der Waals surface area contributed by atoms with Gasteiger partial charge in [-0.15, -0.1) is 0 Å². The van der Waals surface area contributed by atoms with Gasteiger partial charge in [-0.3, -0.25) is 9.59 Å². The summed E-state index contributed by atoms with van der Waals surface area (Å²) in [7, 11) is 0. The van der Waals surface area contributed by atoms with Crippen LogP contribution in [0.2, 0.25) is 5.02 Å². The number of hydrogen-bond donors (Lipinski definition) is 1. The van der Waals surface area contributed by atoms with Gasteiger partial charge in [-0.2, -0.15) is 0 Å². The highest BCUT2D eigenvalue weighted by Crippen LogP contribution is 2.49. The van der Waals surface area contributed by atoms with Crippen LogP contribution in [-0.2, 0) is 19.7 Å². The lowest BCUT2D eigenvalue weighted by Gasteiger charge is -2.16. The van der Waals surface area contributed by atoms with E-state index in [0.717, 1.165) is 24.8 Å². The number of rotatable bonds is 6. The fraction of sp³-hybridized carbons (Fsp3) is 0.500. The van der Waals surface area contributed by atoms with E-state index in [4.69, 9.17) is 16.3 Å². The van der Waals surface area contributed by atoms with Crippen LogP contribution in [0, 0.1) is 0 Å². The van der Waals surface area contributed by atoms with Crippen LogP contribution in [0.4, 0.5) is 0 Å². The third-order valence-corrected chi connectivity index (χ3v) is 4.14. The molecule has 1 atom stereocenters. The number of carbonyl (C=O) groups excluding carboxylic acids is 2. The molecule has 0 saturated heterocycles. The van der Waals surface area contributed by atoms with Crippen molar-refractivity contribution in [2.24, 2.45) is 0 Å². The Morgan fingerprint density at radius 1 is 1.33 bits per heavy atom. The zero-order valence-corrected chi connectivity index (χ0v) is 13.1. The third kappa shape index (κ3) is 3.76. The molecule has 1 N–H and O–H groups in total. The zero-order valence-electron chi connectivity index (χ0n) is 12.3. The zero-order chi connectivity index (χ0) is 15.5. The summed E-state index contributed by atoms with van der Waals surface area (Å²) in [5.41, 5.74) is 0.320. The molecule has 21 heavy (non-hydrogen) atoms. The largest absolute Gasteiger partial charge is 0.455 e. The normalized spacial score (nSPS) is 16.9. The molecule has 1 aliphatic carbocycles. The Balaban J connectivity index is 1.91. The lowest BCUT2D eigenvalue weighted by atomic mass is 9.96. The molecule has 1 amide bonds. The van der Waals surface area contributed by atoms with Crippen molar-refractivity contribution in [2.45, 2.75) is 44.6 Å². The number of carbonyl (C=O) groups is 2. The molecule has 5 heteroatoms. The molecule has 1 saturated carbocycles. The van der Waals surface area contributed by atoms with Gasteiger partial charge in [0.15, 0.2) is 6.61 Å². The summed E-state index contributed by atoms with van der Waals surface area (Å²) in [6.07, 6.45) is 2.34. The van der Waals surface area contributed by atoms with Crippen molar-refractivity contribution < 1.29 is 14.3 Å². The Morgan fingerprint density at radius 3 is 2.48 bits per heavy atom. The van der Waals surface area contributed by atoms with E-state index in [1.165, 1.54) is 0 Å². The number of benzene rings is 1. The second kappa shape index (κ2) is 6.48. The Kier molecular flexibility index (Phi) is 4.88. The second-order valence-corrected chi connectivity index (χ2v) is 5.98. The summed E-state index contributed by atoms with van der Waals surface area (Å²) in [4.78, 5) is 23.9. The van der Waals surface area contributed by atoms with E-state index < -0.39 is 5.41 Å². The predicted octanol–water partition coefficient (Wildman–Crippen LogP) is 2.83. The Labute approximate surface area is 129 Å². The van der Waals surface area contributed by atoms with Crippen LogP contribution in [0.3, 0.4) is 0 Å². The van der Waals surface area contributed by atoms with Crippen molar-refractivity contribution >= 4 is 23.5 Å². The summed E-state index contributed by atoms with van der Waals surface area (Å²) in [6.45, 7) is 3.67. The first kappa shape index (κ1) is 15.8. The van der Waals surface area contributed by atoms with E-state index in [-0.39, 0.29) is 24.5 Å². The first-order valence-corrected chi connectivity index (χ1v) is 7.58. The van der Waals surface area contributed by atoms with Gasteiger partial charge in [0.05, 0.1) is 5.41 Å². The minimum atomic E-state index is -0.582. The van der Waals surface area contributed by atoms with Crippen molar-refractivity contribution in [3.05, 3.63) is 34.9 Å². The molecular formula is C16H20ClNO3. The van der Waals surface area contributed by atoms with Crippen LogP contribution in [0.5, 0.6) is 0 Å². The summed E-state index contributed by atoms with van der Waals surface area (Å²) in [5.74, 6) is -0.589. The van der Waals surface area contributed by atoms with Gasteiger partial charge in [0.25, 0.3) is 5.91 Å². The number of hydrogen-bond acceptors (Lipinski definition) is 3. The maximum absolute atomic E-state index is 12.2. The van der Waals surface area contributed by atoms with E-state index in [1.54, 1.807) is 12.1 Å². The number of amides is 1. The van der Waals surface area contributed by atoms with E-state index >= 15 is 0 Å². The van der Waals surface area contributed by atoms with Gasteiger partial charge in [0, 0.05) is 11.1 Å². The summed E-state index contributed by atoms with van der Waals surface area (Å²) >= 11 is 5.86. The topological polar surface area (TPSA) is 55.4 Å². The van der Waals surface area contributed by atoms with E-state index in [1.807, 2.05) is 26.0 Å². The van der Waals surface area contributed by atoms with Crippen molar-refractivity contribution in [3.63, 3.8) is 0 Å². The highest BCUT2D eigenvalue weighted by Gasteiger charge is 2.52. The molecule has 0 aliphatic heterocycles. The second-order valence-electron chi connectivity index (χ2n) is 5.54. The van der Waals surface area contributed by atoms with Gasteiger partial charge in [0.2, 0.25) is 0 Å². The molecule has 2 rings (SSSR count). The Bertz CT molecular complexity index is 523. The van der Waals surface area contributed by atoms with Gasteiger partial charge < -0.3 is 10.1 Å². The van der Waals surface area contributed by atoms with Crippen LogP contribution in [-0.4, -0.2) is 24.5 Å².